The molecule has 170 valence electrons. The summed E-state index contributed by atoms with van der Waals surface area (Å²) in [5.41, 5.74) is 4.28. The van der Waals surface area contributed by atoms with Crippen LogP contribution in [0, 0.1) is 0 Å². The second kappa shape index (κ2) is 9.61. The number of thiophene rings is 1. The van der Waals surface area contributed by atoms with Crippen LogP contribution in [-0.2, 0) is 5.41 Å². The summed E-state index contributed by atoms with van der Waals surface area (Å²) in [4.78, 5) is 2.45. The molecule has 0 bridgehead atoms. The average molecular weight is 466 g/mol. The third-order valence-electron chi connectivity index (χ3n) is 7.13. The van der Waals surface area contributed by atoms with Gasteiger partial charge in [-0.2, -0.15) is 0 Å². The van der Waals surface area contributed by atoms with Crippen LogP contribution < -0.4 is 4.90 Å². The Labute approximate surface area is 202 Å². The summed E-state index contributed by atoms with van der Waals surface area (Å²) in [6.45, 7) is 11.6. The Hall–Kier alpha value is -1.77. The smallest absolute Gasteiger partial charge is 0.0573 e. The summed E-state index contributed by atoms with van der Waals surface area (Å²) in [6.07, 6.45) is 12.2. The number of unbranched alkanes of at least 4 members (excludes halogenated alkanes) is 1. The van der Waals surface area contributed by atoms with Crippen molar-refractivity contribution in [2.24, 2.45) is 0 Å². The maximum Gasteiger partial charge on any atom is 0.0573 e. The third kappa shape index (κ3) is 4.50. The van der Waals surface area contributed by atoms with Crippen LogP contribution in [0.3, 0.4) is 0 Å². The van der Waals surface area contributed by atoms with Crippen LogP contribution in [0.2, 0.25) is 0 Å². The molecule has 2 aromatic carbocycles. The minimum Gasteiger partial charge on any atom is -0.343 e. The first-order valence-corrected chi connectivity index (χ1v) is 13.4. The Balaban J connectivity index is 1.81. The van der Waals surface area contributed by atoms with Crippen LogP contribution in [0.1, 0.15) is 72.3 Å². The summed E-state index contributed by atoms with van der Waals surface area (Å²) in [5.74, 6) is 0. The molecule has 32 heavy (non-hydrogen) atoms. The third-order valence-corrected chi connectivity index (χ3v) is 8.58. The highest BCUT2D eigenvalue weighted by Crippen LogP contribution is 2.41. The lowest BCUT2D eigenvalue weighted by Crippen LogP contribution is -2.31. The molecular weight excluding hydrogens is 430 g/mol. The molecule has 0 amide bonds. The molecule has 1 aromatic heterocycles. The predicted molar refractivity (Wildman–Crippen MR) is 146 cm³/mol. The van der Waals surface area contributed by atoms with E-state index in [1.807, 2.05) is 11.3 Å². The monoisotopic (exact) mass is 465 g/mol. The standard InChI is InChI=1S/C29H36ClNS/c1-6-8-16-29(5,7-2)21-12-14-27-25(17-21)26-19-24(13-15-28(26)32-27)31(20(3)4)23-11-9-10-22(30)18-23/h9-15,17,19-20,22H,6-8,16,18H2,1-5H3. The molecule has 1 heterocycles. The van der Waals surface area contributed by atoms with E-state index in [-0.39, 0.29) is 10.8 Å². The molecule has 1 aliphatic carbocycles. The fraction of sp³-hybridized carbons (Fsp3) is 0.448. The van der Waals surface area contributed by atoms with Gasteiger partial charge in [-0.3, -0.25) is 0 Å². The van der Waals surface area contributed by atoms with E-state index in [0.717, 1.165) is 6.42 Å². The van der Waals surface area contributed by atoms with Crippen molar-refractivity contribution in [3.63, 3.8) is 0 Å². The highest BCUT2D eigenvalue weighted by Gasteiger charge is 2.25. The zero-order valence-corrected chi connectivity index (χ0v) is 21.7. The van der Waals surface area contributed by atoms with Crippen molar-refractivity contribution >= 4 is 48.8 Å². The summed E-state index contributed by atoms with van der Waals surface area (Å²) >= 11 is 8.37. The number of benzene rings is 2. The summed E-state index contributed by atoms with van der Waals surface area (Å²) in [6, 6.07) is 14.5. The van der Waals surface area contributed by atoms with Gasteiger partial charge in [0.05, 0.1) is 5.38 Å². The molecule has 0 aliphatic heterocycles. The van der Waals surface area contributed by atoms with Crippen LogP contribution >= 0.6 is 22.9 Å². The fourth-order valence-corrected chi connectivity index (χ4v) is 6.29. The van der Waals surface area contributed by atoms with Gasteiger partial charge in [-0.1, -0.05) is 51.8 Å². The highest BCUT2D eigenvalue weighted by molar-refractivity contribution is 7.25. The Bertz CT molecular complexity index is 1150. The van der Waals surface area contributed by atoms with Crippen molar-refractivity contribution in [3.05, 3.63) is 65.9 Å². The molecule has 0 spiro atoms. The number of fused-ring (bicyclic) bond motifs is 3. The van der Waals surface area contributed by atoms with Crippen molar-refractivity contribution in [1.29, 1.82) is 0 Å². The Morgan fingerprint density at radius 2 is 1.81 bits per heavy atom. The molecule has 0 saturated carbocycles. The molecule has 4 rings (SSSR count). The van der Waals surface area contributed by atoms with Gasteiger partial charge in [0.15, 0.2) is 0 Å². The van der Waals surface area contributed by atoms with Crippen molar-refractivity contribution in [1.82, 2.24) is 0 Å². The zero-order valence-electron chi connectivity index (χ0n) is 20.1. The Kier molecular flexibility index (Phi) is 7.03. The quantitative estimate of drug-likeness (QED) is 0.299. The van der Waals surface area contributed by atoms with Crippen molar-refractivity contribution in [3.8, 4) is 0 Å². The normalized spacial score (nSPS) is 18.3. The lowest BCUT2D eigenvalue weighted by molar-refractivity contribution is 0.403. The number of anilines is 1. The molecule has 1 nitrogen and oxygen atoms in total. The summed E-state index contributed by atoms with van der Waals surface area (Å²) < 4.78 is 2.75. The molecular formula is C29H36ClNS. The van der Waals surface area contributed by atoms with E-state index in [2.05, 4.69) is 94.1 Å². The van der Waals surface area contributed by atoms with E-state index in [4.69, 9.17) is 11.6 Å². The maximum absolute atomic E-state index is 6.46. The van der Waals surface area contributed by atoms with Gasteiger partial charge in [-0.05, 0) is 74.1 Å². The molecule has 0 saturated heterocycles. The largest absolute Gasteiger partial charge is 0.343 e. The molecule has 1 aliphatic rings. The molecule has 0 radical (unpaired) electrons. The van der Waals surface area contributed by atoms with Gasteiger partial charge in [0.2, 0.25) is 0 Å². The Morgan fingerprint density at radius 3 is 2.47 bits per heavy atom. The van der Waals surface area contributed by atoms with Crippen LogP contribution in [-0.4, -0.2) is 11.4 Å². The molecule has 3 aromatic rings. The SMILES string of the molecule is CCCCC(C)(CC)c1ccc2sc3ccc(N(C4=CC=CC(Cl)C4)C(C)C)cc3c2c1. The fourth-order valence-electron chi connectivity index (χ4n) is 4.98. The first-order valence-electron chi connectivity index (χ1n) is 12.1. The molecule has 3 heteroatoms. The number of hydrogen-bond acceptors (Lipinski definition) is 2. The topological polar surface area (TPSA) is 3.24 Å². The van der Waals surface area contributed by atoms with Gasteiger partial charge < -0.3 is 4.90 Å². The molecule has 2 unspecified atom stereocenters. The molecule has 2 atom stereocenters. The van der Waals surface area contributed by atoms with E-state index in [1.165, 1.54) is 62.8 Å². The predicted octanol–water partition coefficient (Wildman–Crippen LogP) is 9.58. The molecule has 0 N–H and O–H groups in total. The van der Waals surface area contributed by atoms with Crippen LogP contribution in [0.4, 0.5) is 5.69 Å². The number of alkyl halides is 1. The summed E-state index contributed by atoms with van der Waals surface area (Å²) in [7, 11) is 0. The van der Waals surface area contributed by atoms with Gasteiger partial charge in [0.25, 0.3) is 0 Å². The van der Waals surface area contributed by atoms with Gasteiger partial charge >= 0.3 is 0 Å². The number of nitrogens with zero attached hydrogens (tertiary/aromatic N) is 1. The number of allylic oxidation sites excluding steroid dienone is 4. The second-order valence-corrected chi connectivity index (χ2v) is 11.4. The van der Waals surface area contributed by atoms with E-state index in [1.54, 1.807) is 0 Å². The lowest BCUT2D eigenvalue weighted by Gasteiger charge is -2.33. The Morgan fingerprint density at radius 1 is 1.09 bits per heavy atom. The minimum atomic E-state index is 0.0689. The van der Waals surface area contributed by atoms with E-state index in [0.29, 0.717) is 6.04 Å². The van der Waals surface area contributed by atoms with E-state index < -0.39 is 0 Å². The molecule has 0 fully saturated rings. The second-order valence-electron chi connectivity index (χ2n) is 9.74. The minimum absolute atomic E-state index is 0.0689. The number of rotatable bonds is 8. The average Bonchev–Trinajstić information content (AvgIpc) is 3.15. The van der Waals surface area contributed by atoms with Crippen molar-refractivity contribution in [2.75, 3.05) is 4.90 Å². The number of hydrogen-bond donors (Lipinski definition) is 0. The van der Waals surface area contributed by atoms with Gasteiger partial charge in [-0.25, -0.2) is 0 Å². The lowest BCUT2D eigenvalue weighted by atomic mass is 9.76. The first-order chi connectivity index (χ1) is 15.4. The van der Waals surface area contributed by atoms with Crippen LogP contribution in [0.15, 0.2) is 60.3 Å². The van der Waals surface area contributed by atoms with Gasteiger partial charge in [0, 0.05) is 44.0 Å². The zero-order chi connectivity index (χ0) is 22.9. The van der Waals surface area contributed by atoms with Gasteiger partial charge in [0.1, 0.15) is 0 Å². The summed E-state index contributed by atoms with van der Waals surface area (Å²) in [5, 5.41) is 2.84. The highest BCUT2D eigenvalue weighted by atomic mass is 35.5. The number of halogens is 1. The first kappa shape index (κ1) is 23.4. The van der Waals surface area contributed by atoms with Gasteiger partial charge in [-0.15, -0.1) is 22.9 Å². The van der Waals surface area contributed by atoms with Crippen molar-refractivity contribution < 1.29 is 0 Å². The van der Waals surface area contributed by atoms with Crippen LogP contribution in [0.25, 0.3) is 20.2 Å². The maximum atomic E-state index is 6.46. The van der Waals surface area contributed by atoms with Crippen LogP contribution in [0.5, 0.6) is 0 Å². The van der Waals surface area contributed by atoms with E-state index in [9.17, 15) is 0 Å². The van der Waals surface area contributed by atoms with E-state index >= 15 is 0 Å². The van der Waals surface area contributed by atoms with Crippen molar-refractivity contribution in [2.45, 2.75) is 83.6 Å².